The first kappa shape index (κ1) is 40.1. The third-order valence-corrected chi connectivity index (χ3v) is 17.4. The molecule has 0 bridgehead atoms. The first-order valence-corrected chi connectivity index (χ1v) is 25.9. The van der Waals surface area contributed by atoms with E-state index in [2.05, 4.69) is 276 Å². The molecule has 17 rings (SSSR count). The maximum absolute atomic E-state index is 2.60. The fourth-order valence-electron chi connectivity index (χ4n) is 14.8. The van der Waals surface area contributed by atoms with Gasteiger partial charge in [-0.3, -0.25) is 0 Å². The Bertz CT molecular complexity index is 4580. The van der Waals surface area contributed by atoms with Crippen LogP contribution in [0.3, 0.4) is 0 Å². The summed E-state index contributed by atoms with van der Waals surface area (Å²) >= 11 is 0. The van der Waals surface area contributed by atoms with Crippen LogP contribution in [0.2, 0.25) is 0 Å². The summed E-state index contributed by atoms with van der Waals surface area (Å²) in [6.45, 7) is 0. The van der Waals surface area contributed by atoms with Crippen molar-refractivity contribution < 1.29 is 0 Å². The van der Waals surface area contributed by atoms with Gasteiger partial charge >= 0.3 is 0 Å². The van der Waals surface area contributed by atoms with Gasteiger partial charge in [0.05, 0.1) is 38.9 Å². The Balaban J connectivity index is 0.988. The summed E-state index contributed by atoms with van der Waals surface area (Å²) in [6, 6.07) is 101. The molecule has 1 aliphatic heterocycles. The van der Waals surface area contributed by atoms with Crippen LogP contribution in [0.5, 0.6) is 0 Å². The van der Waals surface area contributed by atoms with Crippen molar-refractivity contribution in [2.45, 2.75) is 10.8 Å². The van der Waals surface area contributed by atoms with Crippen LogP contribution in [0, 0.1) is 0 Å². The molecule has 2 unspecified atom stereocenters. The number of benzene rings is 12. The van der Waals surface area contributed by atoms with Crippen molar-refractivity contribution in [3.05, 3.63) is 311 Å². The minimum absolute atomic E-state index is 0.541. The van der Waals surface area contributed by atoms with Crippen molar-refractivity contribution in [1.82, 2.24) is 4.57 Å². The minimum atomic E-state index is -0.600. The Kier molecular flexibility index (Phi) is 7.90. The van der Waals surface area contributed by atoms with Gasteiger partial charge in [-0.15, -0.1) is 0 Å². The second kappa shape index (κ2) is 14.6. The van der Waals surface area contributed by atoms with Gasteiger partial charge in [-0.1, -0.05) is 231 Å². The van der Waals surface area contributed by atoms with E-state index in [-0.39, 0.29) is 0 Å². The van der Waals surface area contributed by atoms with Gasteiger partial charge in [0.1, 0.15) is 0 Å². The van der Waals surface area contributed by atoms with Gasteiger partial charge < -0.3 is 9.47 Å². The molecule has 2 heteroatoms. The van der Waals surface area contributed by atoms with Gasteiger partial charge in [0.25, 0.3) is 0 Å². The molecule has 4 aliphatic rings. The highest BCUT2D eigenvalue weighted by molar-refractivity contribution is 6.14. The van der Waals surface area contributed by atoms with Crippen molar-refractivity contribution in [3.63, 3.8) is 0 Å². The SMILES string of the molecule is c1ccc(-c2ccccc2N(c2ccc3c(c2)C2(c4ccccc4-3)c3ccccc3-c3c2ccc2ccccc32)c2cccc3c2-c2ccccc2C32c3ccccc3-n3c4ccccc4c4cccc2c43)cc1. The lowest BCUT2D eigenvalue weighted by atomic mass is 9.65. The number of anilines is 3. The maximum Gasteiger partial charge on any atom is 0.0755 e. The Labute approximate surface area is 429 Å². The Hall–Kier alpha value is -9.50. The highest BCUT2D eigenvalue weighted by Crippen LogP contribution is 2.66. The lowest BCUT2D eigenvalue weighted by Crippen LogP contribution is -2.33. The third kappa shape index (κ3) is 4.82. The van der Waals surface area contributed by atoms with E-state index in [4.69, 9.17) is 0 Å². The van der Waals surface area contributed by atoms with Crippen LogP contribution in [0.25, 0.3) is 82.8 Å². The zero-order valence-electron chi connectivity index (χ0n) is 40.3. The molecule has 13 aromatic rings. The molecule has 1 aromatic heterocycles. The van der Waals surface area contributed by atoms with Crippen LogP contribution in [-0.2, 0) is 10.8 Å². The fourth-order valence-corrected chi connectivity index (χ4v) is 14.8. The fraction of sp³-hybridized carbons (Fsp3) is 0.0278. The Morgan fingerprint density at radius 2 is 0.838 bits per heavy atom. The molecule has 0 amide bonds. The molecular weight excluding hydrogens is 893 g/mol. The first-order chi connectivity index (χ1) is 36.8. The lowest BCUT2D eigenvalue weighted by Gasteiger charge is -2.39. The molecule has 0 radical (unpaired) electrons. The number of nitrogens with zero attached hydrogens (tertiary/aromatic N) is 2. The molecule has 0 saturated carbocycles. The molecule has 0 N–H and O–H groups in total. The summed E-state index contributed by atoms with van der Waals surface area (Å²) in [4.78, 5) is 2.60. The summed E-state index contributed by atoms with van der Waals surface area (Å²) in [5.74, 6) is 0. The summed E-state index contributed by atoms with van der Waals surface area (Å²) in [6.07, 6.45) is 0. The van der Waals surface area contributed by atoms with E-state index in [0.29, 0.717) is 0 Å². The average molecular weight is 937 g/mol. The number of aromatic nitrogens is 1. The van der Waals surface area contributed by atoms with Gasteiger partial charge in [0, 0.05) is 27.6 Å². The third-order valence-electron chi connectivity index (χ3n) is 17.4. The molecule has 74 heavy (non-hydrogen) atoms. The second-order valence-corrected chi connectivity index (χ2v) is 20.6. The van der Waals surface area contributed by atoms with E-state index < -0.39 is 10.8 Å². The van der Waals surface area contributed by atoms with Crippen molar-refractivity contribution in [2.75, 3.05) is 4.90 Å². The van der Waals surface area contributed by atoms with Crippen molar-refractivity contribution in [2.24, 2.45) is 0 Å². The average Bonchev–Trinajstić information content (AvgIpc) is 4.31. The number of para-hydroxylation sites is 4. The molecule has 2 heterocycles. The smallest absolute Gasteiger partial charge is 0.0755 e. The molecule has 3 aliphatic carbocycles. The molecule has 2 atom stereocenters. The molecule has 342 valence electrons. The molecule has 12 aromatic carbocycles. The predicted molar refractivity (Wildman–Crippen MR) is 306 cm³/mol. The Morgan fingerprint density at radius 3 is 1.66 bits per heavy atom. The number of hydrogen-bond acceptors (Lipinski definition) is 1. The quantitative estimate of drug-likeness (QED) is 0.171. The van der Waals surface area contributed by atoms with Crippen LogP contribution in [-0.4, -0.2) is 4.57 Å². The minimum Gasteiger partial charge on any atom is -0.309 e. The van der Waals surface area contributed by atoms with E-state index >= 15 is 0 Å². The molecule has 2 spiro atoms. The van der Waals surface area contributed by atoms with E-state index in [1.54, 1.807) is 0 Å². The van der Waals surface area contributed by atoms with Gasteiger partial charge in [-0.2, -0.15) is 0 Å². The number of fused-ring (bicyclic) bond motifs is 24. The molecule has 0 fully saturated rings. The van der Waals surface area contributed by atoms with Crippen molar-refractivity contribution in [3.8, 4) is 50.2 Å². The second-order valence-electron chi connectivity index (χ2n) is 20.6. The van der Waals surface area contributed by atoms with Gasteiger partial charge in [-0.05, 0) is 125 Å². The normalized spacial score (nSPS) is 16.8. The highest BCUT2D eigenvalue weighted by atomic mass is 15.1. The number of rotatable bonds is 4. The summed E-state index contributed by atoms with van der Waals surface area (Å²) in [7, 11) is 0. The summed E-state index contributed by atoms with van der Waals surface area (Å²) in [5.41, 5.74) is 26.6. The standard InChI is InChI=1S/C72H44N2/c1-2-20-45(21-3-1)48-23-9-15-36-64(48)73(47-41-42-51-50-25-6-11-30-56(50)71(63(51)44-47)57-31-12-7-27-54(57)68-49-24-5-4-22-46(49)40-43-61(68)71)67-39-19-34-60-69(67)55-28-8-13-32-58(55)72(60)59-33-14-17-38-66(59)74-65-37-16-10-26-52(65)53-29-18-35-62(72)70(53)74/h1-44H. The van der Waals surface area contributed by atoms with Gasteiger partial charge in [-0.25, -0.2) is 0 Å². The van der Waals surface area contributed by atoms with Crippen LogP contribution >= 0.6 is 0 Å². The van der Waals surface area contributed by atoms with Crippen molar-refractivity contribution >= 4 is 49.6 Å². The first-order valence-electron chi connectivity index (χ1n) is 25.9. The Morgan fingerprint density at radius 1 is 0.297 bits per heavy atom. The molecular formula is C72H44N2. The topological polar surface area (TPSA) is 8.17 Å². The van der Waals surface area contributed by atoms with E-state index in [9.17, 15) is 0 Å². The van der Waals surface area contributed by atoms with Crippen LogP contribution in [0.1, 0.15) is 44.5 Å². The van der Waals surface area contributed by atoms with Crippen LogP contribution in [0.4, 0.5) is 17.1 Å². The maximum atomic E-state index is 2.60. The monoisotopic (exact) mass is 936 g/mol. The predicted octanol–water partition coefficient (Wildman–Crippen LogP) is 18.1. The van der Waals surface area contributed by atoms with E-state index in [0.717, 1.165) is 17.1 Å². The summed E-state index contributed by atoms with van der Waals surface area (Å²) < 4.78 is 2.54. The van der Waals surface area contributed by atoms with Gasteiger partial charge in [0.15, 0.2) is 0 Å². The largest absolute Gasteiger partial charge is 0.309 e. The molecule has 0 saturated heterocycles. The van der Waals surface area contributed by atoms with E-state index in [1.807, 2.05) is 0 Å². The van der Waals surface area contributed by atoms with E-state index in [1.165, 1.54) is 127 Å². The number of hydrogen-bond donors (Lipinski definition) is 0. The highest BCUT2D eigenvalue weighted by Gasteiger charge is 2.54. The zero-order valence-corrected chi connectivity index (χ0v) is 40.3. The van der Waals surface area contributed by atoms with Crippen LogP contribution in [0.15, 0.2) is 267 Å². The van der Waals surface area contributed by atoms with Gasteiger partial charge in [0.2, 0.25) is 0 Å². The van der Waals surface area contributed by atoms with Crippen molar-refractivity contribution in [1.29, 1.82) is 0 Å². The van der Waals surface area contributed by atoms with Crippen LogP contribution < -0.4 is 4.90 Å². The zero-order chi connectivity index (χ0) is 48.3. The summed E-state index contributed by atoms with van der Waals surface area (Å²) in [5, 5.41) is 5.11. The molecule has 2 nitrogen and oxygen atoms in total. The lowest BCUT2D eigenvalue weighted by molar-refractivity contribution is 0.748.